The molecule has 0 radical (unpaired) electrons. The van der Waals surface area contributed by atoms with Gasteiger partial charge in [0.1, 0.15) is 0 Å². The van der Waals surface area contributed by atoms with E-state index in [1.54, 1.807) is 37.3 Å². The molecule has 17 heavy (non-hydrogen) atoms. The van der Waals surface area contributed by atoms with Crippen molar-refractivity contribution in [1.29, 1.82) is 0 Å². The molecule has 0 aliphatic heterocycles. The molecule has 0 saturated heterocycles. The van der Waals surface area contributed by atoms with Crippen molar-refractivity contribution in [3.05, 3.63) is 42.4 Å². The third-order valence-electron chi connectivity index (χ3n) is 2.49. The van der Waals surface area contributed by atoms with Crippen LogP contribution in [-0.2, 0) is 12.7 Å². The summed E-state index contributed by atoms with van der Waals surface area (Å²) in [5.74, 6) is 0. The highest BCUT2D eigenvalue weighted by Gasteiger charge is 2.37. The number of alkyl halides is 3. The van der Waals surface area contributed by atoms with E-state index in [4.69, 9.17) is 0 Å². The molecule has 90 valence electrons. The summed E-state index contributed by atoms with van der Waals surface area (Å²) in [6.45, 7) is 2.24. The van der Waals surface area contributed by atoms with Crippen molar-refractivity contribution < 1.29 is 13.2 Å². The standard InChI is InChI=1S/C12H11F3N2/c1-2-17-8-16-11(12(13,14)15)10(17)9-6-4-3-5-7-9/h3-8H,2H2,1H3. The molecule has 2 nitrogen and oxygen atoms in total. The normalized spacial score (nSPS) is 11.8. The van der Waals surface area contributed by atoms with Crippen LogP contribution < -0.4 is 0 Å². The van der Waals surface area contributed by atoms with E-state index in [0.29, 0.717) is 12.1 Å². The average molecular weight is 240 g/mol. The summed E-state index contributed by atoms with van der Waals surface area (Å²) in [6, 6.07) is 8.49. The second-order valence-electron chi connectivity index (χ2n) is 3.59. The van der Waals surface area contributed by atoms with Gasteiger partial charge in [-0.1, -0.05) is 30.3 Å². The number of hydrogen-bond acceptors (Lipinski definition) is 1. The largest absolute Gasteiger partial charge is 0.435 e. The zero-order valence-corrected chi connectivity index (χ0v) is 9.20. The molecule has 0 atom stereocenters. The summed E-state index contributed by atoms with van der Waals surface area (Å²) >= 11 is 0. The maximum atomic E-state index is 12.8. The van der Waals surface area contributed by atoms with Crippen LogP contribution in [0.2, 0.25) is 0 Å². The molecule has 1 heterocycles. The highest BCUT2D eigenvalue weighted by atomic mass is 19.4. The number of benzene rings is 1. The lowest BCUT2D eigenvalue weighted by molar-refractivity contribution is -0.140. The van der Waals surface area contributed by atoms with Crippen LogP contribution in [0.4, 0.5) is 13.2 Å². The lowest BCUT2D eigenvalue weighted by Gasteiger charge is -2.10. The Morgan fingerprint density at radius 1 is 1.18 bits per heavy atom. The summed E-state index contributed by atoms with van der Waals surface area (Å²) in [5, 5.41) is 0. The fourth-order valence-electron chi connectivity index (χ4n) is 1.73. The van der Waals surface area contributed by atoms with Gasteiger partial charge in [-0.05, 0) is 6.92 Å². The van der Waals surface area contributed by atoms with Gasteiger partial charge in [0, 0.05) is 12.1 Å². The van der Waals surface area contributed by atoms with E-state index in [9.17, 15) is 13.2 Å². The van der Waals surface area contributed by atoms with Crippen molar-refractivity contribution in [1.82, 2.24) is 9.55 Å². The molecule has 1 aromatic carbocycles. The molecule has 0 saturated carbocycles. The predicted octanol–water partition coefficient (Wildman–Crippen LogP) is 3.59. The van der Waals surface area contributed by atoms with E-state index < -0.39 is 11.9 Å². The average Bonchev–Trinajstić information content (AvgIpc) is 2.73. The molecule has 0 spiro atoms. The molecule has 0 aliphatic carbocycles. The highest BCUT2D eigenvalue weighted by Crippen LogP contribution is 2.35. The summed E-state index contributed by atoms with van der Waals surface area (Å²) in [5.41, 5.74) is -0.176. The number of aryl methyl sites for hydroxylation is 1. The van der Waals surface area contributed by atoms with Gasteiger partial charge in [-0.3, -0.25) is 0 Å². The van der Waals surface area contributed by atoms with E-state index in [1.807, 2.05) is 0 Å². The van der Waals surface area contributed by atoms with E-state index in [2.05, 4.69) is 4.98 Å². The van der Waals surface area contributed by atoms with E-state index in [1.165, 1.54) is 10.9 Å². The van der Waals surface area contributed by atoms with Gasteiger partial charge in [-0.25, -0.2) is 4.98 Å². The van der Waals surface area contributed by atoms with Crippen LogP contribution in [0.25, 0.3) is 11.3 Å². The molecular formula is C12H11F3N2. The first-order chi connectivity index (χ1) is 8.04. The minimum atomic E-state index is -4.43. The SMILES string of the molecule is CCn1cnc(C(F)(F)F)c1-c1ccccc1. The fraction of sp³-hybridized carbons (Fsp3) is 0.250. The first kappa shape index (κ1) is 11.7. The van der Waals surface area contributed by atoms with Crippen molar-refractivity contribution in [3.8, 4) is 11.3 Å². The Bertz CT molecular complexity index is 500. The molecule has 5 heteroatoms. The van der Waals surface area contributed by atoms with Gasteiger partial charge in [-0.2, -0.15) is 13.2 Å². The van der Waals surface area contributed by atoms with Crippen LogP contribution in [0.3, 0.4) is 0 Å². The third kappa shape index (κ3) is 2.18. The Hall–Kier alpha value is -1.78. The monoisotopic (exact) mass is 240 g/mol. The number of aromatic nitrogens is 2. The van der Waals surface area contributed by atoms with Crippen molar-refractivity contribution in [2.24, 2.45) is 0 Å². The number of hydrogen-bond donors (Lipinski definition) is 0. The zero-order chi connectivity index (χ0) is 12.5. The molecule has 0 aliphatic rings. The first-order valence-electron chi connectivity index (χ1n) is 5.21. The lowest BCUT2D eigenvalue weighted by atomic mass is 10.1. The molecule has 0 unspecified atom stereocenters. The number of nitrogens with zero attached hydrogens (tertiary/aromatic N) is 2. The van der Waals surface area contributed by atoms with Gasteiger partial charge in [0.2, 0.25) is 0 Å². The Labute approximate surface area is 96.7 Å². The molecule has 2 aromatic rings. The van der Waals surface area contributed by atoms with Gasteiger partial charge >= 0.3 is 6.18 Å². The number of rotatable bonds is 2. The maximum absolute atomic E-state index is 12.8. The maximum Gasteiger partial charge on any atom is 0.435 e. The molecule has 0 N–H and O–H groups in total. The van der Waals surface area contributed by atoms with Crippen LogP contribution in [0, 0.1) is 0 Å². The van der Waals surface area contributed by atoms with Gasteiger partial charge in [-0.15, -0.1) is 0 Å². The number of imidazole rings is 1. The van der Waals surface area contributed by atoms with E-state index in [-0.39, 0.29) is 5.69 Å². The van der Waals surface area contributed by atoms with Crippen LogP contribution in [0.5, 0.6) is 0 Å². The molecular weight excluding hydrogens is 229 g/mol. The smallest absolute Gasteiger partial charge is 0.330 e. The minimum Gasteiger partial charge on any atom is -0.330 e. The molecule has 0 amide bonds. The second-order valence-corrected chi connectivity index (χ2v) is 3.59. The van der Waals surface area contributed by atoms with Gasteiger partial charge < -0.3 is 4.57 Å². The van der Waals surface area contributed by atoms with Crippen LogP contribution in [0.1, 0.15) is 12.6 Å². The summed E-state index contributed by atoms with van der Waals surface area (Å²) in [6.07, 6.45) is -3.20. The van der Waals surface area contributed by atoms with Crippen molar-refractivity contribution in [2.45, 2.75) is 19.6 Å². The Morgan fingerprint density at radius 3 is 2.35 bits per heavy atom. The molecule has 0 bridgehead atoms. The Kier molecular flexibility index (Phi) is 2.92. The Balaban J connectivity index is 2.62. The molecule has 2 rings (SSSR count). The predicted molar refractivity (Wildman–Crippen MR) is 58.3 cm³/mol. The topological polar surface area (TPSA) is 17.8 Å². The second kappa shape index (κ2) is 4.24. The minimum absolute atomic E-state index is 0.126. The van der Waals surface area contributed by atoms with Crippen LogP contribution in [-0.4, -0.2) is 9.55 Å². The summed E-state index contributed by atoms with van der Waals surface area (Å²) in [4.78, 5) is 3.47. The first-order valence-corrected chi connectivity index (χ1v) is 5.21. The van der Waals surface area contributed by atoms with Gasteiger partial charge in [0.05, 0.1) is 12.0 Å². The third-order valence-corrected chi connectivity index (χ3v) is 2.49. The van der Waals surface area contributed by atoms with Crippen molar-refractivity contribution in [2.75, 3.05) is 0 Å². The van der Waals surface area contributed by atoms with E-state index in [0.717, 1.165) is 0 Å². The Morgan fingerprint density at radius 2 is 1.82 bits per heavy atom. The van der Waals surface area contributed by atoms with Gasteiger partial charge in [0.25, 0.3) is 0 Å². The molecule has 0 fully saturated rings. The summed E-state index contributed by atoms with van der Waals surface area (Å²) in [7, 11) is 0. The zero-order valence-electron chi connectivity index (χ0n) is 9.20. The molecule has 1 aromatic heterocycles. The van der Waals surface area contributed by atoms with Crippen LogP contribution in [0.15, 0.2) is 36.7 Å². The van der Waals surface area contributed by atoms with Crippen LogP contribution >= 0.6 is 0 Å². The van der Waals surface area contributed by atoms with Crippen molar-refractivity contribution >= 4 is 0 Å². The van der Waals surface area contributed by atoms with Crippen molar-refractivity contribution in [3.63, 3.8) is 0 Å². The highest BCUT2D eigenvalue weighted by molar-refractivity contribution is 5.63. The quantitative estimate of drug-likeness (QED) is 0.784. The lowest BCUT2D eigenvalue weighted by Crippen LogP contribution is -2.08. The van der Waals surface area contributed by atoms with Gasteiger partial charge in [0.15, 0.2) is 5.69 Å². The number of halogens is 3. The fourth-order valence-corrected chi connectivity index (χ4v) is 1.73. The van der Waals surface area contributed by atoms with E-state index >= 15 is 0 Å². The summed E-state index contributed by atoms with van der Waals surface area (Å²) < 4.78 is 39.9.